The number of nitrogens with zero attached hydrogens (tertiary/aromatic N) is 1. The Kier molecular flexibility index (Phi) is 5.68. The maximum absolute atomic E-state index is 12.0. The molecule has 4 nitrogen and oxygen atoms in total. The van der Waals surface area contributed by atoms with Crippen LogP contribution in [0.4, 0.5) is 5.69 Å². The van der Waals surface area contributed by atoms with Gasteiger partial charge in [0.25, 0.3) is 6.04 Å². The fraction of sp³-hybridized carbons (Fsp3) is 0.143. The molecule has 0 bridgehead atoms. The predicted octanol–water partition coefficient (Wildman–Crippen LogP) is 5.93. The molecule has 3 rings (SSSR count). The lowest BCUT2D eigenvalue weighted by Gasteiger charge is -2.24. The molecule has 3 aromatic carbocycles. The molecule has 0 aliphatic rings. The molecule has 0 amide bonds. The number of aryl methyl sites for hydroxylation is 1. The molecule has 2 atom stereocenters. The van der Waals surface area contributed by atoms with Crippen molar-refractivity contribution in [2.24, 2.45) is 0 Å². The van der Waals surface area contributed by atoms with Gasteiger partial charge in [-0.3, -0.25) is 10.1 Å². The minimum absolute atomic E-state index is 0.220. The van der Waals surface area contributed by atoms with Gasteiger partial charge in [-0.05, 0) is 36.8 Å². The van der Waals surface area contributed by atoms with Crippen molar-refractivity contribution in [3.8, 4) is 0 Å². The molecule has 2 unspecified atom stereocenters. The van der Waals surface area contributed by atoms with E-state index in [0.29, 0.717) is 5.56 Å². The summed E-state index contributed by atoms with van der Waals surface area (Å²) in [4.78, 5) is 11.8. The summed E-state index contributed by atoms with van der Waals surface area (Å²) >= 11 is 3.39. The van der Waals surface area contributed by atoms with Crippen molar-refractivity contribution in [2.45, 2.75) is 19.0 Å². The van der Waals surface area contributed by atoms with E-state index in [1.54, 1.807) is 12.1 Å². The normalized spacial score (nSPS) is 13.0. The Morgan fingerprint density at radius 3 is 2.08 bits per heavy atom. The van der Waals surface area contributed by atoms with Gasteiger partial charge < -0.3 is 5.32 Å². The van der Waals surface area contributed by atoms with Gasteiger partial charge in [-0.1, -0.05) is 76.1 Å². The second-order valence-corrected chi connectivity index (χ2v) is 7.10. The molecule has 0 saturated heterocycles. The monoisotopic (exact) mass is 410 g/mol. The van der Waals surface area contributed by atoms with Gasteiger partial charge in [-0.25, -0.2) is 0 Å². The number of anilines is 1. The first-order valence-electron chi connectivity index (χ1n) is 8.32. The van der Waals surface area contributed by atoms with Crippen LogP contribution >= 0.6 is 15.9 Å². The van der Waals surface area contributed by atoms with Crippen LogP contribution in [0.1, 0.15) is 28.8 Å². The summed E-state index contributed by atoms with van der Waals surface area (Å²) in [6, 6.07) is 23.3. The molecule has 0 aliphatic heterocycles. The Bertz CT molecular complexity index is 865. The molecule has 1 N–H and O–H groups in total. The van der Waals surface area contributed by atoms with Crippen LogP contribution in [-0.4, -0.2) is 4.92 Å². The zero-order chi connectivity index (χ0) is 18.5. The zero-order valence-corrected chi connectivity index (χ0v) is 15.9. The fourth-order valence-corrected chi connectivity index (χ4v) is 3.19. The van der Waals surface area contributed by atoms with Crippen LogP contribution in [0, 0.1) is 17.0 Å². The number of benzene rings is 3. The lowest BCUT2D eigenvalue weighted by molar-refractivity contribution is -0.532. The van der Waals surface area contributed by atoms with Crippen LogP contribution in [0.2, 0.25) is 0 Å². The molecule has 3 aromatic rings. The average molecular weight is 411 g/mol. The van der Waals surface area contributed by atoms with E-state index in [-0.39, 0.29) is 4.92 Å². The van der Waals surface area contributed by atoms with Gasteiger partial charge in [-0.2, -0.15) is 0 Å². The smallest absolute Gasteiger partial charge is 0.261 e. The topological polar surface area (TPSA) is 55.2 Å². The molecular formula is C21H19BrN2O2. The minimum atomic E-state index is -0.910. The Morgan fingerprint density at radius 2 is 1.50 bits per heavy atom. The van der Waals surface area contributed by atoms with Gasteiger partial charge in [0, 0.05) is 20.6 Å². The highest BCUT2D eigenvalue weighted by molar-refractivity contribution is 9.10. The Labute approximate surface area is 161 Å². The largest absolute Gasteiger partial charge is 0.372 e. The van der Waals surface area contributed by atoms with E-state index in [1.165, 1.54) is 0 Å². The van der Waals surface area contributed by atoms with Crippen LogP contribution in [0.15, 0.2) is 83.3 Å². The molecule has 0 saturated carbocycles. The van der Waals surface area contributed by atoms with E-state index in [4.69, 9.17) is 0 Å². The SMILES string of the molecule is Cc1ccc(NC(c2ccccc2)C(c2ccc(Br)cc2)[N+](=O)[O-])cc1. The van der Waals surface area contributed by atoms with Gasteiger partial charge in [0.15, 0.2) is 0 Å². The van der Waals surface area contributed by atoms with E-state index < -0.39 is 12.1 Å². The highest BCUT2D eigenvalue weighted by Crippen LogP contribution is 2.35. The third-order valence-electron chi connectivity index (χ3n) is 4.29. The molecular weight excluding hydrogens is 392 g/mol. The van der Waals surface area contributed by atoms with Crippen molar-refractivity contribution >= 4 is 21.6 Å². The van der Waals surface area contributed by atoms with E-state index in [9.17, 15) is 10.1 Å². The first-order chi connectivity index (χ1) is 12.5. The first-order valence-corrected chi connectivity index (χ1v) is 9.11. The quantitative estimate of drug-likeness (QED) is 0.404. The standard InChI is InChI=1S/C21H19BrN2O2/c1-15-7-13-19(14-8-15)23-20(16-5-3-2-4-6-16)21(24(25)26)17-9-11-18(22)12-10-17/h2-14,20-21,23H,1H3. The molecule has 0 heterocycles. The van der Waals surface area contributed by atoms with Crippen LogP contribution in [0.5, 0.6) is 0 Å². The van der Waals surface area contributed by atoms with Crippen molar-refractivity contribution in [3.05, 3.63) is 110 Å². The Morgan fingerprint density at radius 1 is 0.885 bits per heavy atom. The fourth-order valence-electron chi connectivity index (χ4n) is 2.93. The van der Waals surface area contributed by atoms with Crippen molar-refractivity contribution in [2.75, 3.05) is 5.32 Å². The summed E-state index contributed by atoms with van der Waals surface area (Å²) in [5.74, 6) is 0. The van der Waals surface area contributed by atoms with Gasteiger partial charge in [0.2, 0.25) is 0 Å². The lowest BCUT2D eigenvalue weighted by Crippen LogP contribution is -2.25. The number of hydrogen-bond donors (Lipinski definition) is 1. The number of nitrogens with one attached hydrogen (secondary N) is 1. The first kappa shape index (κ1) is 18.1. The number of nitro groups is 1. The van der Waals surface area contributed by atoms with Crippen molar-refractivity contribution in [1.29, 1.82) is 0 Å². The van der Waals surface area contributed by atoms with Gasteiger partial charge in [-0.15, -0.1) is 0 Å². The van der Waals surface area contributed by atoms with Crippen LogP contribution in [-0.2, 0) is 0 Å². The highest BCUT2D eigenvalue weighted by atomic mass is 79.9. The second kappa shape index (κ2) is 8.15. The van der Waals surface area contributed by atoms with E-state index in [1.807, 2.05) is 73.7 Å². The van der Waals surface area contributed by atoms with Gasteiger partial charge in [0.05, 0.1) is 0 Å². The van der Waals surface area contributed by atoms with E-state index >= 15 is 0 Å². The third kappa shape index (κ3) is 4.29. The molecule has 132 valence electrons. The van der Waals surface area contributed by atoms with Crippen molar-refractivity contribution < 1.29 is 4.92 Å². The number of hydrogen-bond acceptors (Lipinski definition) is 3. The van der Waals surface area contributed by atoms with Crippen LogP contribution in [0.25, 0.3) is 0 Å². The maximum atomic E-state index is 12.0. The average Bonchev–Trinajstić information content (AvgIpc) is 2.65. The van der Waals surface area contributed by atoms with Gasteiger partial charge in [0.1, 0.15) is 6.04 Å². The summed E-state index contributed by atoms with van der Waals surface area (Å²) in [5, 5.41) is 15.4. The van der Waals surface area contributed by atoms with Crippen LogP contribution < -0.4 is 5.32 Å². The van der Waals surface area contributed by atoms with Gasteiger partial charge >= 0.3 is 0 Å². The highest BCUT2D eigenvalue weighted by Gasteiger charge is 2.34. The molecule has 0 aliphatic carbocycles. The Balaban J connectivity index is 2.03. The summed E-state index contributed by atoms with van der Waals surface area (Å²) in [6.45, 7) is 2.01. The molecule has 26 heavy (non-hydrogen) atoms. The summed E-state index contributed by atoms with van der Waals surface area (Å²) in [7, 11) is 0. The van der Waals surface area contributed by atoms with Crippen molar-refractivity contribution in [1.82, 2.24) is 0 Å². The van der Waals surface area contributed by atoms with Crippen LogP contribution in [0.3, 0.4) is 0 Å². The molecule has 5 heteroatoms. The molecule has 0 aromatic heterocycles. The van der Waals surface area contributed by atoms with E-state index in [2.05, 4.69) is 21.2 Å². The molecule has 0 spiro atoms. The summed E-state index contributed by atoms with van der Waals surface area (Å²) in [5.41, 5.74) is 3.53. The number of halogens is 1. The summed E-state index contributed by atoms with van der Waals surface area (Å²) in [6.07, 6.45) is 0. The summed E-state index contributed by atoms with van der Waals surface area (Å²) < 4.78 is 0.895. The predicted molar refractivity (Wildman–Crippen MR) is 108 cm³/mol. The molecule has 0 fully saturated rings. The lowest BCUT2D eigenvalue weighted by atomic mass is 9.93. The Hall–Kier alpha value is -2.66. The molecule has 0 radical (unpaired) electrons. The van der Waals surface area contributed by atoms with Crippen molar-refractivity contribution in [3.63, 3.8) is 0 Å². The van der Waals surface area contributed by atoms with E-state index in [0.717, 1.165) is 21.3 Å². The minimum Gasteiger partial charge on any atom is -0.372 e. The third-order valence-corrected chi connectivity index (χ3v) is 4.82. The number of rotatable bonds is 6. The second-order valence-electron chi connectivity index (χ2n) is 6.18. The maximum Gasteiger partial charge on any atom is 0.261 e. The zero-order valence-electron chi connectivity index (χ0n) is 14.3.